The lowest BCUT2D eigenvalue weighted by Crippen LogP contribution is -2.26. The van der Waals surface area contributed by atoms with Gasteiger partial charge < -0.3 is 4.74 Å². The number of carbonyl (C=O) groups is 1. The number of halogens is 1. The fraction of sp³-hybridized carbons (Fsp3) is 0.353. The number of carbonyl (C=O) groups excluding carboxylic acids is 1. The summed E-state index contributed by atoms with van der Waals surface area (Å²) in [5.74, 6) is 0.0707. The minimum Gasteiger partial charge on any atom is -0.468 e. The van der Waals surface area contributed by atoms with Crippen LogP contribution in [0.25, 0.3) is 5.69 Å². The molecule has 1 aliphatic heterocycles. The third kappa shape index (κ3) is 3.59. The van der Waals surface area contributed by atoms with Crippen LogP contribution in [0.2, 0.25) is 0 Å². The van der Waals surface area contributed by atoms with Crippen LogP contribution >= 0.6 is 23.5 Å². The van der Waals surface area contributed by atoms with Gasteiger partial charge in [0.2, 0.25) is 0 Å². The zero-order chi connectivity index (χ0) is 18.0. The van der Waals surface area contributed by atoms with E-state index in [1.807, 2.05) is 6.92 Å². The SMILES string of the molecule is CC[C@H](Sc1nc2c(c(=O)n1-c1ccc(F)cc1)SCC2)C(=O)OC. The molecule has 0 aliphatic carbocycles. The Kier molecular flexibility index (Phi) is 5.48. The molecule has 1 aliphatic rings. The third-order valence-corrected chi connectivity index (χ3v) is 6.24. The fourth-order valence-electron chi connectivity index (χ4n) is 2.55. The van der Waals surface area contributed by atoms with Gasteiger partial charge >= 0.3 is 5.97 Å². The average molecular weight is 380 g/mol. The summed E-state index contributed by atoms with van der Waals surface area (Å²) in [6, 6.07) is 5.67. The average Bonchev–Trinajstić information content (AvgIpc) is 3.09. The Hall–Kier alpha value is -1.80. The molecule has 2 aromatic rings. The topological polar surface area (TPSA) is 61.2 Å². The summed E-state index contributed by atoms with van der Waals surface area (Å²) in [6.45, 7) is 1.87. The zero-order valence-corrected chi connectivity index (χ0v) is 15.5. The van der Waals surface area contributed by atoms with Crippen molar-refractivity contribution in [1.82, 2.24) is 9.55 Å². The van der Waals surface area contributed by atoms with E-state index in [1.165, 1.54) is 59.5 Å². The molecule has 0 radical (unpaired) electrons. The Morgan fingerprint density at radius 3 is 2.80 bits per heavy atom. The molecule has 0 N–H and O–H groups in total. The summed E-state index contributed by atoms with van der Waals surface area (Å²) in [5, 5.41) is -0.0363. The monoisotopic (exact) mass is 380 g/mol. The van der Waals surface area contributed by atoms with Crippen molar-refractivity contribution < 1.29 is 13.9 Å². The number of ether oxygens (including phenoxy) is 1. The van der Waals surface area contributed by atoms with Gasteiger partial charge in [0, 0.05) is 12.2 Å². The summed E-state index contributed by atoms with van der Waals surface area (Å²) < 4.78 is 19.5. The number of hydrogen-bond donors (Lipinski definition) is 0. The van der Waals surface area contributed by atoms with Crippen LogP contribution in [0.5, 0.6) is 0 Å². The first-order chi connectivity index (χ1) is 12.0. The highest BCUT2D eigenvalue weighted by Gasteiger charge is 2.26. The summed E-state index contributed by atoms with van der Waals surface area (Å²) in [7, 11) is 1.34. The number of fused-ring (bicyclic) bond motifs is 1. The number of benzene rings is 1. The van der Waals surface area contributed by atoms with Gasteiger partial charge in [-0.1, -0.05) is 18.7 Å². The molecule has 132 valence electrons. The van der Waals surface area contributed by atoms with Gasteiger partial charge in [0.05, 0.1) is 23.4 Å². The van der Waals surface area contributed by atoms with E-state index in [0.717, 1.165) is 17.9 Å². The van der Waals surface area contributed by atoms with Crippen LogP contribution in [-0.2, 0) is 16.0 Å². The van der Waals surface area contributed by atoms with Crippen LogP contribution in [0, 0.1) is 5.82 Å². The van der Waals surface area contributed by atoms with Crippen molar-refractivity contribution in [2.24, 2.45) is 0 Å². The fourth-order valence-corrected chi connectivity index (χ4v) is 4.64. The second kappa shape index (κ2) is 7.61. The molecule has 0 unspecified atom stereocenters. The highest BCUT2D eigenvalue weighted by atomic mass is 32.2. The first-order valence-electron chi connectivity index (χ1n) is 7.84. The molecule has 0 saturated heterocycles. The van der Waals surface area contributed by atoms with Gasteiger partial charge in [-0.3, -0.25) is 14.2 Å². The normalized spacial score (nSPS) is 14.2. The minimum absolute atomic E-state index is 0.179. The predicted octanol–water partition coefficient (Wildman–Crippen LogP) is 3.06. The molecule has 1 aromatic heterocycles. The van der Waals surface area contributed by atoms with Crippen LogP contribution in [0.3, 0.4) is 0 Å². The van der Waals surface area contributed by atoms with Gasteiger partial charge in [0.1, 0.15) is 11.1 Å². The highest BCUT2D eigenvalue weighted by Crippen LogP contribution is 2.32. The standard InChI is InChI=1S/C17H17FN2O3S2/c1-3-13(16(22)23-2)25-17-19-12-8-9-24-14(12)15(21)20(17)11-6-4-10(18)5-7-11/h4-7,13H,3,8-9H2,1-2H3/t13-/m0/s1. The number of aryl methyl sites for hydroxylation is 1. The second-order valence-electron chi connectivity index (χ2n) is 5.42. The van der Waals surface area contributed by atoms with E-state index >= 15 is 0 Å². The smallest absolute Gasteiger partial charge is 0.319 e. The molecule has 0 fully saturated rings. The quantitative estimate of drug-likeness (QED) is 0.451. The van der Waals surface area contributed by atoms with Crippen LogP contribution < -0.4 is 5.56 Å². The number of hydrogen-bond acceptors (Lipinski definition) is 6. The summed E-state index contributed by atoms with van der Waals surface area (Å²) >= 11 is 2.68. The molecule has 0 spiro atoms. The molecule has 8 heteroatoms. The van der Waals surface area contributed by atoms with E-state index in [-0.39, 0.29) is 17.3 Å². The molecule has 5 nitrogen and oxygen atoms in total. The van der Waals surface area contributed by atoms with Gasteiger partial charge in [-0.05, 0) is 30.7 Å². The van der Waals surface area contributed by atoms with Gasteiger partial charge in [0.25, 0.3) is 5.56 Å². The lowest BCUT2D eigenvalue weighted by atomic mass is 10.3. The largest absolute Gasteiger partial charge is 0.468 e. The minimum atomic E-state index is -0.462. The van der Waals surface area contributed by atoms with Crippen molar-refractivity contribution in [1.29, 1.82) is 0 Å². The van der Waals surface area contributed by atoms with Gasteiger partial charge in [-0.2, -0.15) is 0 Å². The number of aromatic nitrogens is 2. The number of methoxy groups -OCH3 is 1. The Morgan fingerprint density at radius 1 is 1.44 bits per heavy atom. The van der Waals surface area contributed by atoms with Crippen LogP contribution in [0.4, 0.5) is 4.39 Å². The number of rotatable bonds is 5. The summed E-state index contributed by atoms with van der Waals surface area (Å²) in [6.07, 6.45) is 1.27. The molecular formula is C17H17FN2O3S2. The number of nitrogens with zero attached hydrogens (tertiary/aromatic N) is 2. The highest BCUT2D eigenvalue weighted by molar-refractivity contribution is 8.00. The van der Waals surface area contributed by atoms with Crippen LogP contribution in [-0.4, -0.2) is 33.6 Å². The molecule has 25 heavy (non-hydrogen) atoms. The Balaban J connectivity index is 2.13. The Morgan fingerprint density at radius 2 is 2.16 bits per heavy atom. The molecule has 0 amide bonds. The maximum Gasteiger partial charge on any atom is 0.319 e. The molecule has 1 aromatic carbocycles. The lowest BCUT2D eigenvalue weighted by molar-refractivity contribution is -0.140. The number of thioether (sulfide) groups is 2. The van der Waals surface area contributed by atoms with E-state index in [2.05, 4.69) is 4.98 Å². The summed E-state index contributed by atoms with van der Waals surface area (Å²) in [4.78, 5) is 30.1. The van der Waals surface area contributed by atoms with Gasteiger partial charge in [-0.25, -0.2) is 9.37 Å². The van der Waals surface area contributed by atoms with E-state index in [4.69, 9.17) is 4.74 Å². The van der Waals surface area contributed by atoms with Gasteiger partial charge in [0.15, 0.2) is 5.16 Å². The molecule has 3 rings (SSSR count). The van der Waals surface area contributed by atoms with E-state index < -0.39 is 5.25 Å². The van der Waals surface area contributed by atoms with Gasteiger partial charge in [-0.15, -0.1) is 11.8 Å². The van der Waals surface area contributed by atoms with E-state index in [1.54, 1.807) is 0 Å². The Labute approximate surface area is 153 Å². The first kappa shape index (κ1) is 18.0. The maximum absolute atomic E-state index is 13.3. The van der Waals surface area contributed by atoms with Crippen LogP contribution in [0.15, 0.2) is 39.1 Å². The van der Waals surface area contributed by atoms with Crippen molar-refractivity contribution in [3.63, 3.8) is 0 Å². The zero-order valence-electron chi connectivity index (χ0n) is 13.8. The van der Waals surface area contributed by atoms with E-state index in [9.17, 15) is 14.0 Å². The molecular weight excluding hydrogens is 363 g/mol. The maximum atomic E-state index is 13.3. The van der Waals surface area contributed by atoms with E-state index in [0.29, 0.717) is 22.2 Å². The summed E-state index contributed by atoms with van der Waals surface area (Å²) in [5.41, 5.74) is 1.10. The number of esters is 1. The molecule has 2 heterocycles. The van der Waals surface area contributed by atoms with Crippen molar-refractivity contribution in [2.45, 2.75) is 35.1 Å². The molecule has 1 atom stereocenters. The predicted molar refractivity (Wildman–Crippen MR) is 96.2 cm³/mol. The lowest BCUT2D eigenvalue weighted by Gasteiger charge is -2.17. The van der Waals surface area contributed by atoms with Crippen molar-refractivity contribution in [3.8, 4) is 5.69 Å². The molecule has 0 bridgehead atoms. The Bertz CT molecular complexity index is 852. The second-order valence-corrected chi connectivity index (χ2v) is 7.70. The van der Waals surface area contributed by atoms with Crippen molar-refractivity contribution in [3.05, 3.63) is 46.1 Å². The molecule has 0 saturated carbocycles. The third-order valence-electron chi connectivity index (χ3n) is 3.83. The first-order valence-corrected chi connectivity index (χ1v) is 9.70. The van der Waals surface area contributed by atoms with Crippen LogP contribution in [0.1, 0.15) is 19.0 Å². The van der Waals surface area contributed by atoms with Crippen molar-refractivity contribution >= 4 is 29.5 Å². The van der Waals surface area contributed by atoms with Crippen molar-refractivity contribution in [2.75, 3.05) is 12.9 Å².